The molecule has 0 aliphatic heterocycles. The fraction of sp³-hybridized carbons (Fsp3) is 0.733. The van der Waals surface area contributed by atoms with Crippen LogP contribution < -0.4 is 5.11 Å². The van der Waals surface area contributed by atoms with Crippen molar-refractivity contribution in [3.63, 3.8) is 0 Å². The quantitative estimate of drug-likeness (QED) is 0.564. The Morgan fingerprint density at radius 2 is 1.89 bits per heavy atom. The zero-order chi connectivity index (χ0) is 13.7. The van der Waals surface area contributed by atoms with Crippen LogP contribution in [0.2, 0.25) is 0 Å². The van der Waals surface area contributed by atoms with Crippen molar-refractivity contribution in [2.75, 3.05) is 0 Å². The van der Waals surface area contributed by atoms with Crippen LogP contribution in [-0.2, 0) is 14.3 Å². The highest BCUT2D eigenvalue weighted by atomic mass is 16.6. The summed E-state index contributed by atoms with van der Waals surface area (Å²) in [6.07, 6.45) is 6.81. The van der Waals surface area contributed by atoms with Gasteiger partial charge in [-0.2, -0.15) is 0 Å². The van der Waals surface area contributed by atoms with Gasteiger partial charge in [-0.1, -0.05) is 6.58 Å². The number of carboxylic acids is 1. The van der Waals surface area contributed by atoms with E-state index in [4.69, 9.17) is 4.74 Å². The first-order valence-corrected chi connectivity index (χ1v) is 7.00. The topological polar surface area (TPSA) is 66.4 Å². The molecular weight excluding hydrogens is 244 g/mol. The van der Waals surface area contributed by atoms with E-state index < -0.39 is 11.6 Å². The number of carbonyl (C=O) groups excluding carboxylic acids is 2. The van der Waals surface area contributed by atoms with Crippen LogP contribution in [0.15, 0.2) is 12.7 Å². The Morgan fingerprint density at radius 1 is 1.26 bits per heavy atom. The van der Waals surface area contributed by atoms with Gasteiger partial charge in [-0.05, 0) is 62.2 Å². The predicted molar refractivity (Wildman–Crippen MR) is 65.8 cm³/mol. The van der Waals surface area contributed by atoms with E-state index in [1.807, 2.05) is 0 Å². The molecule has 4 fully saturated rings. The Hall–Kier alpha value is -1.32. The van der Waals surface area contributed by atoms with Crippen molar-refractivity contribution in [2.24, 2.45) is 17.3 Å². The van der Waals surface area contributed by atoms with Gasteiger partial charge in [-0.25, -0.2) is 4.79 Å². The van der Waals surface area contributed by atoms with E-state index in [0.717, 1.165) is 32.1 Å². The van der Waals surface area contributed by atoms with E-state index in [1.165, 1.54) is 6.08 Å². The maximum atomic E-state index is 11.6. The number of carbonyl (C=O) groups is 2. The second-order valence-corrected chi connectivity index (χ2v) is 6.82. The molecule has 2 atom stereocenters. The lowest BCUT2D eigenvalue weighted by Crippen LogP contribution is -2.58. The first-order valence-electron chi connectivity index (χ1n) is 7.00. The van der Waals surface area contributed by atoms with Crippen molar-refractivity contribution in [1.29, 1.82) is 0 Å². The summed E-state index contributed by atoms with van der Waals surface area (Å²) in [6.45, 7) is 3.45. The third-order valence-electron chi connectivity index (χ3n) is 5.13. The zero-order valence-corrected chi connectivity index (χ0v) is 11.0. The second kappa shape index (κ2) is 4.09. The number of esters is 1. The van der Waals surface area contributed by atoms with E-state index in [1.54, 1.807) is 0 Å². The molecule has 0 heterocycles. The third kappa shape index (κ3) is 2.17. The summed E-state index contributed by atoms with van der Waals surface area (Å²) in [5.74, 6) is -0.367. The average molecular weight is 263 g/mol. The van der Waals surface area contributed by atoms with Gasteiger partial charge >= 0.3 is 5.97 Å². The fourth-order valence-electron chi connectivity index (χ4n) is 5.25. The van der Waals surface area contributed by atoms with Gasteiger partial charge in [0.1, 0.15) is 5.60 Å². The highest BCUT2D eigenvalue weighted by Gasteiger charge is 2.59. The highest BCUT2D eigenvalue weighted by Crippen LogP contribution is 2.63. The fourth-order valence-corrected chi connectivity index (χ4v) is 5.25. The molecule has 0 N–H and O–H groups in total. The van der Waals surface area contributed by atoms with Crippen molar-refractivity contribution in [3.05, 3.63) is 12.7 Å². The summed E-state index contributed by atoms with van der Waals surface area (Å²) in [7, 11) is 0. The molecule has 4 rings (SSSR count). The largest absolute Gasteiger partial charge is 0.550 e. The van der Waals surface area contributed by atoms with Gasteiger partial charge in [-0.15, -0.1) is 0 Å². The van der Waals surface area contributed by atoms with Crippen LogP contribution in [0.1, 0.15) is 44.9 Å². The van der Waals surface area contributed by atoms with Crippen LogP contribution in [-0.4, -0.2) is 17.5 Å². The Balaban J connectivity index is 1.86. The maximum absolute atomic E-state index is 11.6. The first-order chi connectivity index (χ1) is 8.94. The number of carboxylic acid groups (broad SMARTS) is 1. The molecule has 0 aromatic heterocycles. The molecule has 4 heteroatoms. The summed E-state index contributed by atoms with van der Waals surface area (Å²) in [4.78, 5) is 22.6. The standard InChI is InChI=1S/C15H20O4/c1-2-13(18)19-15-6-10-3-11(7-15)5-14(4-10,9-15)8-12(16)17/h2,10-11H,1,3-9H2,(H,16,17)/p-1. The van der Waals surface area contributed by atoms with Gasteiger partial charge in [0.25, 0.3) is 0 Å². The minimum absolute atomic E-state index is 0.105. The lowest BCUT2D eigenvalue weighted by atomic mass is 9.47. The SMILES string of the molecule is C=CC(=O)OC12CC3CC(CC(CC(=O)[O-])(C3)C1)C2. The average Bonchev–Trinajstić information content (AvgIpc) is 2.24. The van der Waals surface area contributed by atoms with E-state index in [9.17, 15) is 14.7 Å². The zero-order valence-electron chi connectivity index (χ0n) is 11.0. The molecule has 4 bridgehead atoms. The summed E-state index contributed by atoms with van der Waals surface area (Å²) in [5, 5.41) is 11.0. The summed E-state index contributed by atoms with van der Waals surface area (Å²) >= 11 is 0. The lowest BCUT2D eigenvalue weighted by molar-refractivity contribution is -0.311. The molecule has 4 aliphatic carbocycles. The monoisotopic (exact) mass is 263 g/mol. The minimum Gasteiger partial charge on any atom is -0.550 e. The van der Waals surface area contributed by atoms with Crippen LogP contribution >= 0.6 is 0 Å². The molecule has 2 unspecified atom stereocenters. The maximum Gasteiger partial charge on any atom is 0.330 e. The van der Waals surface area contributed by atoms with Crippen LogP contribution in [0.3, 0.4) is 0 Å². The number of rotatable bonds is 4. The van der Waals surface area contributed by atoms with E-state index in [2.05, 4.69) is 6.58 Å². The van der Waals surface area contributed by atoms with Crippen LogP contribution in [0, 0.1) is 17.3 Å². The second-order valence-electron chi connectivity index (χ2n) is 6.82. The molecule has 0 radical (unpaired) electrons. The Labute approximate surface area is 112 Å². The van der Waals surface area contributed by atoms with Crippen LogP contribution in [0.5, 0.6) is 0 Å². The van der Waals surface area contributed by atoms with Gasteiger partial charge in [0, 0.05) is 12.0 Å². The molecule has 4 nitrogen and oxygen atoms in total. The summed E-state index contributed by atoms with van der Waals surface area (Å²) in [5.41, 5.74) is -0.644. The molecule has 104 valence electrons. The van der Waals surface area contributed by atoms with E-state index >= 15 is 0 Å². The Kier molecular flexibility index (Phi) is 2.73. The summed E-state index contributed by atoms with van der Waals surface area (Å²) in [6, 6.07) is 0. The van der Waals surface area contributed by atoms with Crippen molar-refractivity contribution in [3.8, 4) is 0 Å². The minimum atomic E-state index is -0.979. The highest BCUT2D eigenvalue weighted by molar-refractivity contribution is 5.81. The smallest absolute Gasteiger partial charge is 0.330 e. The van der Waals surface area contributed by atoms with Crippen molar-refractivity contribution in [2.45, 2.75) is 50.5 Å². The van der Waals surface area contributed by atoms with Gasteiger partial charge in [-0.3, -0.25) is 0 Å². The third-order valence-corrected chi connectivity index (χ3v) is 5.13. The number of aliphatic carboxylic acids is 1. The van der Waals surface area contributed by atoms with E-state index in [-0.39, 0.29) is 17.8 Å². The Morgan fingerprint density at radius 3 is 2.42 bits per heavy atom. The van der Waals surface area contributed by atoms with Gasteiger partial charge in [0.15, 0.2) is 0 Å². The van der Waals surface area contributed by atoms with Crippen molar-refractivity contribution in [1.82, 2.24) is 0 Å². The number of ether oxygens (including phenoxy) is 1. The molecule has 0 saturated heterocycles. The lowest BCUT2D eigenvalue weighted by Gasteiger charge is -2.61. The van der Waals surface area contributed by atoms with Crippen molar-refractivity contribution < 1.29 is 19.4 Å². The molecule has 0 spiro atoms. The summed E-state index contributed by atoms with van der Waals surface area (Å²) < 4.78 is 5.64. The molecule has 0 amide bonds. The molecular formula is C15H19O4-. The molecule has 19 heavy (non-hydrogen) atoms. The Bertz CT molecular complexity index is 425. The van der Waals surface area contributed by atoms with Crippen LogP contribution in [0.4, 0.5) is 0 Å². The molecule has 0 aromatic rings. The van der Waals surface area contributed by atoms with Gasteiger partial charge in [0.2, 0.25) is 0 Å². The number of hydrogen-bond acceptors (Lipinski definition) is 4. The van der Waals surface area contributed by atoms with Gasteiger partial charge < -0.3 is 14.6 Å². The normalized spacial score (nSPS) is 42.9. The van der Waals surface area contributed by atoms with Gasteiger partial charge in [0.05, 0.1) is 0 Å². The van der Waals surface area contributed by atoms with Crippen molar-refractivity contribution >= 4 is 11.9 Å². The van der Waals surface area contributed by atoms with E-state index in [0.29, 0.717) is 18.3 Å². The predicted octanol–water partition coefficient (Wildman–Crippen LogP) is 1.19. The first kappa shape index (κ1) is 12.7. The molecule has 4 aliphatic rings. The molecule has 4 saturated carbocycles. The number of hydrogen-bond donors (Lipinski definition) is 0. The van der Waals surface area contributed by atoms with Crippen LogP contribution in [0.25, 0.3) is 0 Å². The molecule has 0 aromatic carbocycles.